The maximum atomic E-state index is 5.89. The zero-order valence-electron chi connectivity index (χ0n) is 8.22. The van der Waals surface area contributed by atoms with E-state index in [0.29, 0.717) is 12.5 Å². The van der Waals surface area contributed by atoms with Crippen molar-refractivity contribution in [2.75, 3.05) is 12.5 Å². The molecule has 0 radical (unpaired) electrons. The zero-order chi connectivity index (χ0) is 10.4. The standard InChI is InChI=1S/C11H14Cl2O/c1-9-8-10(4-5-11(9)13)14-7-3-2-6-12/h4-5,8H,2-3,6-7H2,1H3. The SMILES string of the molecule is Cc1cc(OCCCCCl)ccc1Cl. The van der Waals surface area contributed by atoms with Crippen molar-refractivity contribution in [1.82, 2.24) is 0 Å². The zero-order valence-corrected chi connectivity index (χ0v) is 9.74. The molecule has 1 aromatic carbocycles. The molecule has 0 saturated heterocycles. The van der Waals surface area contributed by atoms with Gasteiger partial charge in [0.1, 0.15) is 5.75 Å². The maximum absolute atomic E-state index is 5.89. The third-order valence-electron chi connectivity index (χ3n) is 1.93. The summed E-state index contributed by atoms with van der Waals surface area (Å²) >= 11 is 11.4. The molecule has 0 heterocycles. The molecule has 0 unspecified atom stereocenters. The third kappa shape index (κ3) is 3.77. The molecule has 0 aromatic heterocycles. The molecule has 3 heteroatoms. The summed E-state index contributed by atoms with van der Waals surface area (Å²) < 4.78 is 5.53. The van der Waals surface area contributed by atoms with Crippen LogP contribution in [0.4, 0.5) is 0 Å². The van der Waals surface area contributed by atoms with Crippen LogP contribution in [-0.4, -0.2) is 12.5 Å². The van der Waals surface area contributed by atoms with Crippen molar-refractivity contribution in [3.8, 4) is 5.75 Å². The average Bonchev–Trinajstić information content (AvgIpc) is 2.18. The second kappa shape index (κ2) is 6.15. The summed E-state index contributed by atoms with van der Waals surface area (Å²) in [6, 6.07) is 5.69. The fourth-order valence-electron chi connectivity index (χ4n) is 1.09. The van der Waals surface area contributed by atoms with Crippen molar-refractivity contribution in [3.05, 3.63) is 28.8 Å². The first kappa shape index (κ1) is 11.7. The van der Waals surface area contributed by atoms with E-state index < -0.39 is 0 Å². The molecular weight excluding hydrogens is 219 g/mol. The van der Waals surface area contributed by atoms with Crippen LogP contribution in [-0.2, 0) is 0 Å². The smallest absolute Gasteiger partial charge is 0.119 e. The van der Waals surface area contributed by atoms with Crippen LogP contribution >= 0.6 is 23.2 Å². The van der Waals surface area contributed by atoms with E-state index in [0.717, 1.165) is 29.2 Å². The van der Waals surface area contributed by atoms with E-state index in [-0.39, 0.29) is 0 Å². The highest BCUT2D eigenvalue weighted by Gasteiger charge is 1.97. The number of hydrogen-bond acceptors (Lipinski definition) is 1. The van der Waals surface area contributed by atoms with Gasteiger partial charge in [-0.3, -0.25) is 0 Å². The van der Waals surface area contributed by atoms with E-state index in [4.69, 9.17) is 27.9 Å². The molecule has 0 aliphatic carbocycles. The molecule has 0 spiro atoms. The van der Waals surface area contributed by atoms with E-state index in [1.807, 2.05) is 25.1 Å². The average molecular weight is 233 g/mol. The molecule has 1 aromatic rings. The van der Waals surface area contributed by atoms with Crippen LogP contribution in [0.1, 0.15) is 18.4 Å². The van der Waals surface area contributed by atoms with Gasteiger partial charge in [0, 0.05) is 10.9 Å². The fourth-order valence-corrected chi connectivity index (χ4v) is 1.40. The number of aryl methyl sites for hydroxylation is 1. The monoisotopic (exact) mass is 232 g/mol. The highest BCUT2D eigenvalue weighted by molar-refractivity contribution is 6.31. The quantitative estimate of drug-likeness (QED) is 0.550. The van der Waals surface area contributed by atoms with Crippen molar-refractivity contribution in [2.24, 2.45) is 0 Å². The second-order valence-corrected chi connectivity index (χ2v) is 3.94. The number of unbranched alkanes of at least 4 members (excludes halogenated alkanes) is 1. The van der Waals surface area contributed by atoms with Crippen LogP contribution < -0.4 is 4.74 Å². The Hall–Kier alpha value is -0.400. The van der Waals surface area contributed by atoms with Gasteiger partial charge in [0.15, 0.2) is 0 Å². The van der Waals surface area contributed by atoms with E-state index in [1.165, 1.54) is 0 Å². The lowest BCUT2D eigenvalue weighted by Gasteiger charge is -2.06. The Bertz CT molecular complexity index is 287. The number of halogens is 2. The van der Waals surface area contributed by atoms with E-state index in [1.54, 1.807) is 0 Å². The van der Waals surface area contributed by atoms with Crippen molar-refractivity contribution in [1.29, 1.82) is 0 Å². The topological polar surface area (TPSA) is 9.23 Å². The predicted octanol–water partition coefficient (Wildman–Crippen LogP) is 4.05. The van der Waals surface area contributed by atoms with Crippen molar-refractivity contribution in [3.63, 3.8) is 0 Å². The summed E-state index contributed by atoms with van der Waals surface area (Å²) in [7, 11) is 0. The highest BCUT2D eigenvalue weighted by Crippen LogP contribution is 2.21. The molecule has 0 aliphatic heterocycles. The summed E-state index contributed by atoms with van der Waals surface area (Å²) in [5, 5.41) is 0.776. The molecule has 0 saturated carbocycles. The first-order valence-corrected chi connectivity index (χ1v) is 5.60. The number of alkyl halides is 1. The molecule has 0 fully saturated rings. The van der Waals surface area contributed by atoms with E-state index >= 15 is 0 Å². The Morgan fingerprint density at radius 1 is 1.29 bits per heavy atom. The largest absolute Gasteiger partial charge is 0.494 e. The minimum Gasteiger partial charge on any atom is -0.494 e. The van der Waals surface area contributed by atoms with Gasteiger partial charge in [0.2, 0.25) is 0 Å². The Morgan fingerprint density at radius 2 is 2.07 bits per heavy atom. The molecule has 0 bridgehead atoms. The molecule has 0 atom stereocenters. The molecular formula is C11H14Cl2O. The predicted molar refractivity (Wildman–Crippen MR) is 61.6 cm³/mol. The third-order valence-corrected chi connectivity index (χ3v) is 2.62. The molecule has 78 valence electrons. The molecule has 0 amide bonds. The number of rotatable bonds is 5. The van der Waals surface area contributed by atoms with Crippen molar-refractivity contribution in [2.45, 2.75) is 19.8 Å². The Balaban J connectivity index is 2.39. The second-order valence-electron chi connectivity index (χ2n) is 3.16. The molecule has 0 N–H and O–H groups in total. The lowest BCUT2D eigenvalue weighted by atomic mass is 10.2. The van der Waals surface area contributed by atoms with E-state index in [9.17, 15) is 0 Å². The van der Waals surface area contributed by atoms with Crippen LogP contribution in [0.3, 0.4) is 0 Å². The van der Waals surface area contributed by atoms with Crippen LogP contribution in [0.15, 0.2) is 18.2 Å². The number of ether oxygens (including phenoxy) is 1. The molecule has 1 rings (SSSR count). The highest BCUT2D eigenvalue weighted by atomic mass is 35.5. The van der Waals surface area contributed by atoms with Gasteiger partial charge in [-0.15, -0.1) is 11.6 Å². The minimum atomic E-state index is 0.697. The van der Waals surface area contributed by atoms with Crippen molar-refractivity contribution < 1.29 is 4.74 Å². The summed E-state index contributed by atoms with van der Waals surface area (Å²) in [5.74, 6) is 1.57. The van der Waals surface area contributed by atoms with Gasteiger partial charge in [0.05, 0.1) is 6.61 Å². The van der Waals surface area contributed by atoms with Crippen LogP contribution in [0, 0.1) is 6.92 Å². The van der Waals surface area contributed by atoms with Gasteiger partial charge in [-0.2, -0.15) is 0 Å². The van der Waals surface area contributed by atoms with Crippen LogP contribution in [0.25, 0.3) is 0 Å². The maximum Gasteiger partial charge on any atom is 0.119 e. The van der Waals surface area contributed by atoms with E-state index in [2.05, 4.69) is 0 Å². The molecule has 14 heavy (non-hydrogen) atoms. The summed E-state index contributed by atoms with van der Waals surface area (Å²) in [6.45, 7) is 2.68. The fraction of sp³-hybridized carbons (Fsp3) is 0.455. The van der Waals surface area contributed by atoms with Crippen molar-refractivity contribution >= 4 is 23.2 Å². The van der Waals surface area contributed by atoms with Crippen LogP contribution in [0.2, 0.25) is 5.02 Å². The first-order chi connectivity index (χ1) is 6.74. The summed E-state index contributed by atoms with van der Waals surface area (Å²) in [6.07, 6.45) is 1.99. The van der Waals surface area contributed by atoms with Gasteiger partial charge in [0.25, 0.3) is 0 Å². The van der Waals surface area contributed by atoms with Gasteiger partial charge in [-0.25, -0.2) is 0 Å². The van der Waals surface area contributed by atoms with Gasteiger partial charge >= 0.3 is 0 Å². The summed E-state index contributed by atoms with van der Waals surface area (Å²) in [5.41, 5.74) is 1.04. The normalized spacial score (nSPS) is 10.2. The Morgan fingerprint density at radius 3 is 2.71 bits per heavy atom. The van der Waals surface area contributed by atoms with Crippen LogP contribution in [0.5, 0.6) is 5.75 Å². The number of hydrogen-bond donors (Lipinski definition) is 0. The molecule has 0 aliphatic rings. The lowest BCUT2D eigenvalue weighted by molar-refractivity contribution is 0.309. The van der Waals surface area contributed by atoms with Gasteiger partial charge in [-0.05, 0) is 43.5 Å². The number of benzene rings is 1. The Kier molecular flexibility index (Phi) is 5.13. The Labute approximate surface area is 95.0 Å². The van der Waals surface area contributed by atoms with Gasteiger partial charge < -0.3 is 4.74 Å². The summed E-state index contributed by atoms with van der Waals surface area (Å²) in [4.78, 5) is 0. The first-order valence-electron chi connectivity index (χ1n) is 4.69. The van der Waals surface area contributed by atoms with Gasteiger partial charge in [-0.1, -0.05) is 11.6 Å². The minimum absolute atomic E-state index is 0.697. The molecule has 1 nitrogen and oxygen atoms in total. The lowest BCUT2D eigenvalue weighted by Crippen LogP contribution is -1.97.